The number of nitrogens with one attached hydrogen (secondary N) is 1. The van der Waals surface area contributed by atoms with Crippen molar-refractivity contribution in [1.82, 2.24) is 5.32 Å². The Morgan fingerprint density at radius 2 is 1.79 bits per heavy atom. The highest BCUT2D eigenvalue weighted by Gasteiger charge is 2.18. The molecule has 0 spiro atoms. The van der Waals surface area contributed by atoms with Crippen molar-refractivity contribution in [2.24, 2.45) is 0 Å². The number of ether oxygens (including phenoxy) is 1. The van der Waals surface area contributed by atoms with Crippen LogP contribution in [0.2, 0.25) is 0 Å². The van der Waals surface area contributed by atoms with E-state index in [1.165, 1.54) is 16.3 Å². The van der Waals surface area contributed by atoms with Crippen LogP contribution in [0, 0.1) is 0 Å². The normalized spacial score (nSPS) is 14.5. The van der Waals surface area contributed by atoms with Crippen molar-refractivity contribution < 1.29 is 4.74 Å². The first-order chi connectivity index (χ1) is 9.26. The zero-order chi connectivity index (χ0) is 13.7. The van der Waals surface area contributed by atoms with Crippen molar-refractivity contribution >= 4 is 10.8 Å². The maximum atomic E-state index is 5.76. The second kappa shape index (κ2) is 6.69. The van der Waals surface area contributed by atoms with Crippen LogP contribution in [0.25, 0.3) is 10.8 Å². The van der Waals surface area contributed by atoms with Gasteiger partial charge in [-0.3, -0.25) is 0 Å². The molecule has 2 rings (SSSR count). The van der Waals surface area contributed by atoms with Crippen molar-refractivity contribution in [3.63, 3.8) is 0 Å². The Bertz CT molecular complexity index is 523. The topological polar surface area (TPSA) is 21.3 Å². The zero-order valence-corrected chi connectivity index (χ0v) is 12.0. The van der Waals surface area contributed by atoms with Crippen LogP contribution < -0.4 is 5.32 Å². The monoisotopic (exact) mass is 257 g/mol. The summed E-state index contributed by atoms with van der Waals surface area (Å²) in [6.07, 6.45) is 0.172. The van der Waals surface area contributed by atoms with Gasteiger partial charge in [0.15, 0.2) is 0 Å². The highest BCUT2D eigenvalue weighted by Crippen LogP contribution is 2.23. The van der Waals surface area contributed by atoms with E-state index in [1.54, 1.807) is 0 Å². The van der Waals surface area contributed by atoms with Crippen LogP contribution in [0.3, 0.4) is 0 Å². The number of likely N-dealkylation sites (N-methyl/N-ethyl adjacent to an activating group) is 1. The summed E-state index contributed by atoms with van der Waals surface area (Å²) in [6, 6.07) is 15.4. The summed E-state index contributed by atoms with van der Waals surface area (Å²) in [4.78, 5) is 0. The maximum Gasteiger partial charge on any atom is 0.0741 e. The van der Waals surface area contributed by atoms with Gasteiger partial charge in [-0.05, 0) is 42.8 Å². The minimum atomic E-state index is 0.172. The van der Waals surface area contributed by atoms with E-state index in [0.29, 0.717) is 0 Å². The minimum Gasteiger partial charge on any atom is -0.377 e. The molecule has 0 amide bonds. The second-order valence-electron chi connectivity index (χ2n) is 4.80. The molecule has 2 unspecified atom stereocenters. The molecular weight excluding hydrogens is 234 g/mol. The van der Waals surface area contributed by atoms with Crippen LogP contribution in [-0.2, 0) is 4.74 Å². The Morgan fingerprint density at radius 3 is 2.47 bits per heavy atom. The van der Waals surface area contributed by atoms with Crippen LogP contribution >= 0.6 is 0 Å². The molecule has 0 bridgehead atoms. The summed E-state index contributed by atoms with van der Waals surface area (Å²) < 4.78 is 5.76. The summed E-state index contributed by atoms with van der Waals surface area (Å²) >= 11 is 0. The molecule has 2 aromatic carbocycles. The summed E-state index contributed by atoms with van der Waals surface area (Å²) in [5, 5.41) is 6.09. The predicted octanol–water partition coefficient (Wildman–Crippen LogP) is 3.92. The molecule has 2 nitrogen and oxygen atoms in total. The fourth-order valence-corrected chi connectivity index (χ4v) is 2.54. The van der Waals surface area contributed by atoms with Gasteiger partial charge >= 0.3 is 0 Å². The standard InChI is InChI=1S/C17H23NO/c1-4-18-17(13(3)19-5-2)16-11-10-14-8-6-7-9-15(14)12-16/h6-13,17-18H,4-5H2,1-3H3. The molecule has 0 heterocycles. The van der Waals surface area contributed by atoms with E-state index in [4.69, 9.17) is 4.74 Å². The second-order valence-corrected chi connectivity index (χ2v) is 4.80. The Balaban J connectivity index is 2.32. The third-order valence-corrected chi connectivity index (χ3v) is 3.46. The summed E-state index contributed by atoms with van der Waals surface area (Å²) in [7, 11) is 0. The van der Waals surface area contributed by atoms with E-state index in [0.717, 1.165) is 13.2 Å². The number of hydrogen-bond donors (Lipinski definition) is 1. The lowest BCUT2D eigenvalue weighted by Gasteiger charge is -2.25. The van der Waals surface area contributed by atoms with Crippen LogP contribution in [-0.4, -0.2) is 19.3 Å². The van der Waals surface area contributed by atoms with Gasteiger partial charge in [-0.25, -0.2) is 0 Å². The Kier molecular flexibility index (Phi) is 4.94. The minimum absolute atomic E-state index is 0.172. The van der Waals surface area contributed by atoms with Gasteiger partial charge in [0.25, 0.3) is 0 Å². The average Bonchev–Trinajstić information content (AvgIpc) is 2.44. The molecule has 0 aliphatic heterocycles. The third kappa shape index (κ3) is 3.34. The Morgan fingerprint density at radius 1 is 1.05 bits per heavy atom. The van der Waals surface area contributed by atoms with Crippen molar-refractivity contribution in [2.45, 2.75) is 32.9 Å². The highest BCUT2D eigenvalue weighted by atomic mass is 16.5. The molecule has 0 fully saturated rings. The Labute approximate surface area is 115 Å². The summed E-state index contributed by atoms with van der Waals surface area (Å²) in [6.45, 7) is 7.99. The predicted molar refractivity (Wildman–Crippen MR) is 81.5 cm³/mol. The zero-order valence-electron chi connectivity index (χ0n) is 12.0. The lowest BCUT2D eigenvalue weighted by atomic mass is 9.98. The van der Waals surface area contributed by atoms with E-state index in [1.807, 2.05) is 6.92 Å². The quantitative estimate of drug-likeness (QED) is 0.847. The molecule has 0 aromatic heterocycles. The SMILES string of the molecule is CCNC(c1ccc2ccccc2c1)C(C)OCC. The van der Waals surface area contributed by atoms with E-state index >= 15 is 0 Å². The van der Waals surface area contributed by atoms with Gasteiger partial charge in [0.2, 0.25) is 0 Å². The van der Waals surface area contributed by atoms with Gasteiger partial charge in [-0.2, -0.15) is 0 Å². The van der Waals surface area contributed by atoms with Gasteiger partial charge in [0.05, 0.1) is 12.1 Å². The van der Waals surface area contributed by atoms with E-state index in [2.05, 4.69) is 61.6 Å². The fraction of sp³-hybridized carbons (Fsp3) is 0.412. The van der Waals surface area contributed by atoms with Crippen LogP contribution in [0.1, 0.15) is 32.4 Å². The lowest BCUT2D eigenvalue weighted by Crippen LogP contribution is -2.32. The number of hydrogen-bond acceptors (Lipinski definition) is 2. The smallest absolute Gasteiger partial charge is 0.0741 e. The number of fused-ring (bicyclic) bond motifs is 1. The van der Waals surface area contributed by atoms with Gasteiger partial charge in [0.1, 0.15) is 0 Å². The molecule has 2 atom stereocenters. The van der Waals surface area contributed by atoms with Crippen molar-refractivity contribution in [3.05, 3.63) is 48.0 Å². The van der Waals surface area contributed by atoms with Gasteiger partial charge in [0, 0.05) is 6.61 Å². The third-order valence-electron chi connectivity index (χ3n) is 3.46. The van der Waals surface area contributed by atoms with E-state index in [-0.39, 0.29) is 12.1 Å². The van der Waals surface area contributed by atoms with Crippen molar-refractivity contribution in [2.75, 3.05) is 13.2 Å². The lowest BCUT2D eigenvalue weighted by molar-refractivity contribution is 0.0477. The van der Waals surface area contributed by atoms with E-state index < -0.39 is 0 Å². The molecule has 102 valence electrons. The molecule has 0 saturated heterocycles. The molecular formula is C17H23NO. The van der Waals surface area contributed by atoms with Crippen LogP contribution in [0.4, 0.5) is 0 Å². The molecule has 0 aliphatic rings. The summed E-state index contributed by atoms with van der Waals surface area (Å²) in [5.74, 6) is 0. The molecule has 2 heteroatoms. The maximum absolute atomic E-state index is 5.76. The van der Waals surface area contributed by atoms with Gasteiger partial charge < -0.3 is 10.1 Å². The molecule has 0 saturated carbocycles. The van der Waals surface area contributed by atoms with E-state index in [9.17, 15) is 0 Å². The number of benzene rings is 2. The van der Waals surface area contributed by atoms with Crippen molar-refractivity contribution in [1.29, 1.82) is 0 Å². The average molecular weight is 257 g/mol. The Hall–Kier alpha value is -1.38. The van der Waals surface area contributed by atoms with Crippen LogP contribution in [0.15, 0.2) is 42.5 Å². The molecule has 0 aliphatic carbocycles. The first-order valence-corrected chi connectivity index (χ1v) is 7.10. The molecule has 0 radical (unpaired) electrons. The van der Waals surface area contributed by atoms with Crippen molar-refractivity contribution in [3.8, 4) is 0 Å². The first kappa shape index (κ1) is 14.0. The molecule has 2 aromatic rings. The van der Waals surface area contributed by atoms with Gasteiger partial charge in [-0.1, -0.05) is 43.3 Å². The molecule has 19 heavy (non-hydrogen) atoms. The summed E-state index contributed by atoms with van der Waals surface area (Å²) in [5.41, 5.74) is 1.29. The molecule has 1 N–H and O–H groups in total. The number of rotatable bonds is 6. The fourth-order valence-electron chi connectivity index (χ4n) is 2.54. The first-order valence-electron chi connectivity index (χ1n) is 7.10. The van der Waals surface area contributed by atoms with Crippen LogP contribution in [0.5, 0.6) is 0 Å². The van der Waals surface area contributed by atoms with Gasteiger partial charge in [-0.15, -0.1) is 0 Å². The highest BCUT2D eigenvalue weighted by molar-refractivity contribution is 5.83. The largest absolute Gasteiger partial charge is 0.377 e.